The molecule has 5 aromatic rings. The minimum Gasteiger partial charge on any atom is -0.507 e. The van der Waals surface area contributed by atoms with Crippen molar-refractivity contribution >= 4 is 0 Å². The average molecular weight is 461 g/mol. The van der Waals surface area contributed by atoms with E-state index in [0.717, 1.165) is 11.1 Å². The predicted molar refractivity (Wildman–Crippen MR) is 142 cm³/mol. The summed E-state index contributed by atoms with van der Waals surface area (Å²) >= 11 is 0. The highest BCUT2D eigenvalue weighted by Crippen LogP contribution is 2.65. The first kappa shape index (κ1) is 19.1. The molecule has 6 aliphatic rings. The van der Waals surface area contributed by atoms with Gasteiger partial charge in [0.1, 0.15) is 5.75 Å². The second kappa shape index (κ2) is 6.36. The van der Waals surface area contributed by atoms with E-state index in [1.807, 2.05) is 0 Å². The summed E-state index contributed by atoms with van der Waals surface area (Å²) in [6.07, 6.45) is 0. The van der Waals surface area contributed by atoms with Crippen LogP contribution in [0.1, 0.15) is 96.0 Å². The van der Waals surface area contributed by atoms with E-state index < -0.39 is 0 Å². The third-order valence-electron chi connectivity index (χ3n) is 9.53. The molecule has 170 valence electrons. The van der Waals surface area contributed by atoms with E-state index in [-0.39, 0.29) is 23.7 Å². The summed E-state index contributed by atoms with van der Waals surface area (Å²) in [5, 5.41) is 12.4. The highest BCUT2D eigenvalue weighted by molar-refractivity contribution is 5.79. The summed E-state index contributed by atoms with van der Waals surface area (Å²) in [4.78, 5) is 0. The number of hydrogen-bond acceptors (Lipinski definition) is 1. The maximum Gasteiger partial charge on any atom is 0.124 e. The van der Waals surface area contributed by atoms with Crippen molar-refractivity contribution in [1.29, 1.82) is 0 Å². The third kappa shape index (κ3) is 1.99. The van der Waals surface area contributed by atoms with Crippen LogP contribution in [0, 0.1) is 6.92 Å². The molecule has 0 fully saturated rings. The molecule has 11 rings (SSSR count). The van der Waals surface area contributed by atoms with Crippen LogP contribution in [0.25, 0.3) is 0 Å². The van der Waals surface area contributed by atoms with E-state index in [1.165, 1.54) is 61.2 Å². The Hall–Kier alpha value is -4.10. The lowest BCUT2D eigenvalue weighted by Crippen LogP contribution is -2.33. The molecule has 4 bridgehead atoms. The van der Waals surface area contributed by atoms with Crippen molar-refractivity contribution in [2.24, 2.45) is 0 Å². The summed E-state index contributed by atoms with van der Waals surface area (Å²) in [6.45, 7) is 2.33. The fourth-order valence-corrected chi connectivity index (χ4v) is 8.34. The van der Waals surface area contributed by atoms with Crippen LogP contribution in [-0.4, -0.2) is 5.11 Å². The van der Waals surface area contributed by atoms with Crippen molar-refractivity contribution in [1.82, 2.24) is 0 Å². The average Bonchev–Trinajstić information content (AvgIpc) is 2.95. The highest BCUT2D eigenvalue weighted by Gasteiger charge is 2.50. The molecular weight excluding hydrogens is 436 g/mol. The van der Waals surface area contributed by atoms with Crippen LogP contribution in [-0.2, 0) is 0 Å². The van der Waals surface area contributed by atoms with Gasteiger partial charge in [-0.3, -0.25) is 0 Å². The zero-order valence-corrected chi connectivity index (χ0v) is 20.0. The van der Waals surface area contributed by atoms with Gasteiger partial charge in [0.2, 0.25) is 0 Å². The zero-order chi connectivity index (χ0) is 23.7. The van der Waals surface area contributed by atoms with Crippen molar-refractivity contribution in [3.8, 4) is 5.75 Å². The monoisotopic (exact) mass is 460 g/mol. The molecule has 5 aromatic carbocycles. The summed E-state index contributed by atoms with van der Waals surface area (Å²) in [5.41, 5.74) is 17.4. The van der Waals surface area contributed by atoms with Gasteiger partial charge in [-0.25, -0.2) is 0 Å². The minimum absolute atomic E-state index is 0.0762. The van der Waals surface area contributed by atoms with Gasteiger partial charge in [-0.15, -0.1) is 0 Å². The van der Waals surface area contributed by atoms with E-state index in [4.69, 9.17) is 0 Å². The summed E-state index contributed by atoms with van der Waals surface area (Å²) in [5.74, 6) is 1.02. The first-order chi connectivity index (χ1) is 17.8. The Kier molecular flexibility index (Phi) is 3.38. The predicted octanol–water partition coefficient (Wildman–Crippen LogP) is 7.68. The maximum absolute atomic E-state index is 12.4. The molecule has 0 heterocycles. The Morgan fingerprint density at radius 3 is 0.861 bits per heavy atom. The topological polar surface area (TPSA) is 20.2 Å². The minimum atomic E-state index is 0.0762. The van der Waals surface area contributed by atoms with E-state index in [2.05, 4.69) is 104 Å². The van der Waals surface area contributed by atoms with Gasteiger partial charge in [0.05, 0.1) is 0 Å². The molecule has 1 nitrogen and oxygen atoms in total. The second-order valence-corrected chi connectivity index (χ2v) is 10.9. The Balaban J connectivity index is 1.43. The molecule has 0 unspecified atom stereocenters. The molecule has 0 aromatic heterocycles. The standard InChI is InChI=1S/C35H24O/c1-18-27-29-19-10-2-6-14-23(19)31(24-15-7-3-11-20(24)29)33(27)35(36)34-28(18)30-21-12-4-8-16-25(21)32(34)26-17-9-5-13-22(26)30/h2-17,29-32,36H,1H3. The van der Waals surface area contributed by atoms with Crippen LogP contribution in [0.15, 0.2) is 97.1 Å². The Bertz CT molecular complexity index is 1440. The molecule has 0 saturated carbocycles. The summed E-state index contributed by atoms with van der Waals surface area (Å²) in [6, 6.07) is 35.6. The molecule has 1 heteroatoms. The van der Waals surface area contributed by atoms with Crippen molar-refractivity contribution in [2.75, 3.05) is 0 Å². The van der Waals surface area contributed by atoms with Crippen LogP contribution in [0.4, 0.5) is 0 Å². The Labute approximate surface area is 210 Å². The molecule has 0 radical (unpaired) electrons. The van der Waals surface area contributed by atoms with Crippen molar-refractivity contribution < 1.29 is 5.11 Å². The van der Waals surface area contributed by atoms with Gasteiger partial charge < -0.3 is 5.11 Å². The molecule has 1 N–H and O–H groups in total. The van der Waals surface area contributed by atoms with Crippen molar-refractivity contribution in [3.63, 3.8) is 0 Å². The lowest BCUT2D eigenvalue weighted by atomic mass is 9.54. The molecule has 0 amide bonds. The van der Waals surface area contributed by atoms with Gasteiger partial charge in [-0.1, -0.05) is 97.1 Å². The lowest BCUT2D eigenvalue weighted by molar-refractivity contribution is 0.449. The Morgan fingerprint density at radius 2 is 0.611 bits per heavy atom. The molecule has 36 heavy (non-hydrogen) atoms. The number of aromatic hydroxyl groups is 1. The fourth-order valence-electron chi connectivity index (χ4n) is 8.34. The molecule has 0 aliphatic heterocycles. The second-order valence-electron chi connectivity index (χ2n) is 10.9. The van der Waals surface area contributed by atoms with Crippen LogP contribution < -0.4 is 0 Å². The van der Waals surface area contributed by atoms with Gasteiger partial charge in [-0.05, 0) is 68.1 Å². The van der Waals surface area contributed by atoms with E-state index >= 15 is 0 Å². The highest BCUT2D eigenvalue weighted by atomic mass is 16.3. The number of rotatable bonds is 0. The number of phenols is 1. The molecule has 0 atom stereocenters. The van der Waals surface area contributed by atoms with E-state index in [1.54, 1.807) is 0 Å². The van der Waals surface area contributed by atoms with Crippen LogP contribution in [0.2, 0.25) is 0 Å². The molecular formula is C35H24O. The van der Waals surface area contributed by atoms with Crippen molar-refractivity contribution in [2.45, 2.75) is 30.6 Å². The van der Waals surface area contributed by atoms with Crippen LogP contribution >= 0.6 is 0 Å². The smallest absolute Gasteiger partial charge is 0.124 e. The van der Waals surface area contributed by atoms with Gasteiger partial charge in [0, 0.05) is 34.8 Å². The lowest BCUT2D eigenvalue weighted by Gasteiger charge is -2.48. The van der Waals surface area contributed by atoms with Gasteiger partial charge in [0.25, 0.3) is 0 Å². The van der Waals surface area contributed by atoms with Crippen molar-refractivity contribution in [3.05, 3.63) is 169 Å². The van der Waals surface area contributed by atoms with E-state index in [9.17, 15) is 5.11 Å². The fraction of sp³-hybridized carbons (Fsp3) is 0.143. The third-order valence-corrected chi connectivity index (χ3v) is 9.53. The largest absolute Gasteiger partial charge is 0.507 e. The SMILES string of the molecule is Cc1c2c(c(O)c3c1C1c4ccccc4C3c3ccccc31)C1c3ccccc3C2c2ccccc21. The summed E-state index contributed by atoms with van der Waals surface area (Å²) < 4.78 is 0. The Morgan fingerprint density at radius 1 is 0.389 bits per heavy atom. The number of phenolic OH excluding ortho intramolecular Hbond substituents is 1. The van der Waals surface area contributed by atoms with Gasteiger partial charge in [0.15, 0.2) is 0 Å². The first-order valence-corrected chi connectivity index (χ1v) is 13.0. The molecule has 0 saturated heterocycles. The first-order valence-electron chi connectivity index (χ1n) is 13.0. The van der Waals surface area contributed by atoms with Gasteiger partial charge in [-0.2, -0.15) is 0 Å². The molecule has 6 aliphatic carbocycles. The maximum atomic E-state index is 12.4. The normalized spacial score (nSPS) is 22.7. The molecule has 0 spiro atoms. The van der Waals surface area contributed by atoms with E-state index in [0.29, 0.717) is 5.75 Å². The van der Waals surface area contributed by atoms with Crippen LogP contribution in [0.5, 0.6) is 5.75 Å². The number of benzene rings is 5. The van der Waals surface area contributed by atoms with Gasteiger partial charge >= 0.3 is 0 Å². The quantitative estimate of drug-likeness (QED) is 0.246. The zero-order valence-electron chi connectivity index (χ0n) is 20.0. The van der Waals surface area contributed by atoms with Crippen LogP contribution in [0.3, 0.4) is 0 Å². The number of hydrogen-bond donors (Lipinski definition) is 1. The summed E-state index contributed by atoms with van der Waals surface area (Å²) in [7, 11) is 0.